The van der Waals surface area contributed by atoms with Gasteiger partial charge in [0.15, 0.2) is 0 Å². The van der Waals surface area contributed by atoms with Crippen molar-refractivity contribution < 1.29 is 29.3 Å². The lowest BCUT2D eigenvalue weighted by Crippen LogP contribution is -2.47. The van der Waals surface area contributed by atoms with E-state index in [0.29, 0.717) is 5.02 Å². The van der Waals surface area contributed by atoms with Crippen molar-refractivity contribution in [2.45, 2.75) is 12.6 Å². The third-order valence-corrected chi connectivity index (χ3v) is 2.89. The van der Waals surface area contributed by atoms with E-state index in [-0.39, 0.29) is 13.2 Å². The molecule has 0 bridgehead atoms. The van der Waals surface area contributed by atoms with Crippen LogP contribution in [0.4, 0.5) is 0 Å². The third-order valence-electron chi connectivity index (χ3n) is 2.65. The molecule has 1 aromatic carbocycles. The number of rotatable bonds is 9. The number of benzene rings is 1. The zero-order valence-corrected chi connectivity index (χ0v) is 12.9. The first-order valence-electron chi connectivity index (χ1n) is 6.64. The molecule has 2 amide bonds. The van der Waals surface area contributed by atoms with Gasteiger partial charge in [0.25, 0.3) is 0 Å². The van der Waals surface area contributed by atoms with Crippen LogP contribution in [0.5, 0.6) is 0 Å². The Balaban J connectivity index is 2.23. The van der Waals surface area contributed by atoms with Gasteiger partial charge in [0.1, 0.15) is 12.6 Å². The lowest BCUT2D eigenvalue weighted by atomic mass is 10.2. The molecule has 1 rings (SSSR count). The number of carbonyl (C=O) groups excluding carboxylic acids is 2. The number of carbonyl (C=O) groups is 3. The average Bonchev–Trinajstić information content (AvgIpc) is 2.50. The van der Waals surface area contributed by atoms with E-state index in [1.165, 1.54) is 0 Å². The minimum absolute atomic E-state index is 0.186. The lowest BCUT2D eigenvalue weighted by molar-refractivity contribution is -0.142. The zero-order valence-electron chi connectivity index (χ0n) is 12.1. The van der Waals surface area contributed by atoms with Crippen LogP contribution in [0, 0.1) is 0 Å². The van der Waals surface area contributed by atoms with Gasteiger partial charge in [-0.2, -0.15) is 0 Å². The van der Waals surface area contributed by atoms with Crippen LogP contribution in [0.1, 0.15) is 5.56 Å². The van der Waals surface area contributed by atoms with E-state index < -0.39 is 37.0 Å². The van der Waals surface area contributed by atoms with Crippen molar-refractivity contribution in [1.29, 1.82) is 0 Å². The van der Waals surface area contributed by atoms with Crippen molar-refractivity contribution in [2.24, 2.45) is 0 Å². The molecular weight excluding hydrogens is 328 g/mol. The molecule has 1 aromatic rings. The summed E-state index contributed by atoms with van der Waals surface area (Å²) in [7, 11) is 0. The molecule has 0 aliphatic rings. The van der Waals surface area contributed by atoms with Crippen molar-refractivity contribution in [2.75, 3.05) is 19.8 Å². The van der Waals surface area contributed by atoms with Gasteiger partial charge in [-0.15, -0.1) is 0 Å². The van der Waals surface area contributed by atoms with E-state index in [4.69, 9.17) is 26.6 Å². The van der Waals surface area contributed by atoms with E-state index in [1.54, 1.807) is 24.3 Å². The minimum Gasteiger partial charge on any atom is -0.480 e. The molecule has 0 aliphatic carbocycles. The summed E-state index contributed by atoms with van der Waals surface area (Å²) >= 11 is 5.81. The van der Waals surface area contributed by atoms with Gasteiger partial charge in [-0.1, -0.05) is 23.7 Å². The van der Waals surface area contributed by atoms with E-state index in [0.717, 1.165) is 5.56 Å². The molecule has 8 nitrogen and oxygen atoms in total. The van der Waals surface area contributed by atoms with Gasteiger partial charge in [-0.05, 0) is 17.7 Å². The number of hydrogen-bond acceptors (Lipinski definition) is 5. The summed E-state index contributed by atoms with van der Waals surface area (Å²) in [5.41, 5.74) is 0.801. The molecule has 0 radical (unpaired) electrons. The first-order chi connectivity index (χ1) is 10.9. The van der Waals surface area contributed by atoms with Crippen molar-refractivity contribution >= 4 is 29.4 Å². The van der Waals surface area contributed by atoms with Gasteiger partial charge in [-0.25, -0.2) is 4.79 Å². The summed E-state index contributed by atoms with van der Waals surface area (Å²) in [6.07, 6.45) is 0. The molecule has 4 N–H and O–H groups in total. The highest BCUT2D eigenvalue weighted by Crippen LogP contribution is 2.11. The molecule has 0 aromatic heterocycles. The average molecular weight is 345 g/mol. The summed E-state index contributed by atoms with van der Waals surface area (Å²) in [6, 6.07) is 5.56. The molecule has 0 spiro atoms. The number of amides is 2. The largest absolute Gasteiger partial charge is 0.480 e. The number of halogens is 1. The van der Waals surface area contributed by atoms with Crippen LogP contribution in [0.3, 0.4) is 0 Å². The van der Waals surface area contributed by atoms with Gasteiger partial charge in [0, 0.05) is 5.02 Å². The number of ether oxygens (including phenoxy) is 1. The van der Waals surface area contributed by atoms with Crippen LogP contribution in [0.15, 0.2) is 24.3 Å². The number of aliphatic hydroxyl groups excluding tert-OH is 1. The van der Waals surface area contributed by atoms with Gasteiger partial charge >= 0.3 is 5.97 Å². The smallest absolute Gasteiger partial charge is 0.328 e. The SMILES string of the molecule is O=C(COCc1cccc(Cl)c1)NCC(=O)N[C@@H](CO)C(=O)O. The third kappa shape index (κ3) is 7.59. The van der Waals surface area contributed by atoms with Crippen LogP contribution in [-0.4, -0.2) is 53.8 Å². The maximum absolute atomic E-state index is 11.5. The van der Waals surface area contributed by atoms with Crippen LogP contribution in [0.2, 0.25) is 5.02 Å². The highest BCUT2D eigenvalue weighted by atomic mass is 35.5. The number of carboxylic acid groups (broad SMARTS) is 1. The fourth-order valence-electron chi connectivity index (χ4n) is 1.55. The zero-order chi connectivity index (χ0) is 17.2. The number of hydrogen-bond donors (Lipinski definition) is 4. The number of carboxylic acids is 1. The highest BCUT2D eigenvalue weighted by molar-refractivity contribution is 6.30. The Morgan fingerprint density at radius 2 is 2.00 bits per heavy atom. The summed E-state index contributed by atoms with van der Waals surface area (Å²) in [5.74, 6) is -2.62. The van der Waals surface area contributed by atoms with Crippen molar-refractivity contribution in [3.05, 3.63) is 34.9 Å². The summed E-state index contributed by atoms with van der Waals surface area (Å²) in [4.78, 5) is 33.5. The predicted molar refractivity (Wildman–Crippen MR) is 80.8 cm³/mol. The molecule has 9 heteroatoms. The molecule has 0 aliphatic heterocycles. The van der Waals surface area contributed by atoms with Crippen LogP contribution < -0.4 is 10.6 Å². The van der Waals surface area contributed by atoms with E-state index in [9.17, 15) is 14.4 Å². The highest BCUT2D eigenvalue weighted by Gasteiger charge is 2.18. The standard InChI is InChI=1S/C14H17ClN2O6/c15-10-3-1-2-9(4-10)7-23-8-13(20)16-5-12(19)17-11(6-18)14(21)22/h1-4,11,18H,5-8H2,(H,16,20)(H,17,19)(H,21,22)/t11-/m0/s1. The van der Waals surface area contributed by atoms with Crippen LogP contribution in [0.25, 0.3) is 0 Å². The normalized spacial score (nSPS) is 11.6. The Kier molecular flexibility index (Phi) is 8.03. The summed E-state index contributed by atoms with van der Waals surface area (Å²) < 4.78 is 5.17. The fourth-order valence-corrected chi connectivity index (χ4v) is 1.76. The second-order valence-electron chi connectivity index (χ2n) is 4.54. The Hall–Kier alpha value is -2.16. The van der Waals surface area contributed by atoms with Gasteiger partial charge in [0.05, 0.1) is 19.8 Å². The Morgan fingerprint density at radius 1 is 1.26 bits per heavy atom. The monoisotopic (exact) mass is 344 g/mol. The maximum atomic E-state index is 11.5. The van der Waals surface area contributed by atoms with Crippen molar-refractivity contribution in [3.63, 3.8) is 0 Å². The molecule has 1 atom stereocenters. The second kappa shape index (κ2) is 9.78. The maximum Gasteiger partial charge on any atom is 0.328 e. The lowest BCUT2D eigenvalue weighted by Gasteiger charge is -2.12. The van der Waals surface area contributed by atoms with Gasteiger partial charge in [0.2, 0.25) is 11.8 Å². The number of aliphatic carboxylic acids is 1. The van der Waals surface area contributed by atoms with Gasteiger partial charge in [-0.3, -0.25) is 9.59 Å². The molecule has 0 heterocycles. The summed E-state index contributed by atoms with van der Waals surface area (Å²) in [5, 5.41) is 22.3. The van der Waals surface area contributed by atoms with Gasteiger partial charge < -0.3 is 25.6 Å². The Bertz CT molecular complexity index is 566. The molecule has 23 heavy (non-hydrogen) atoms. The first kappa shape index (κ1) is 18.9. The molecule has 0 fully saturated rings. The van der Waals surface area contributed by atoms with Crippen LogP contribution in [-0.2, 0) is 25.7 Å². The fraction of sp³-hybridized carbons (Fsp3) is 0.357. The first-order valence-corrected chi connectivity index (χ1v) is 7.02. The predicted octanol–water partition coefficient (Wildman–Crippen LogP) is -0.465. The van der Waals surface area contributed by atoms with Crippen molar-refractivity contribution in [1.82, 2.24) is 10.6 Å². The number of aliphatic hydroxyl groups is 1. The molecule has 0 unspecified atom stereocenters. The van der Waals surface area contributed by atoms with E-state index in [2.05, 4.69) is 10.6 Å². The molecule has 0 saturated carbocycles. The Labute approximate surface area is 137 Å². The Morgan fingerprint density at radius 3 is 2.61 bits per heavy atom. The number of nitrogens with one attached hydrogen (secondary N) is 2. The second-order valence-corrected chi connectivity index (χ2v) is 4.98. The minimum atomic E-state index is -1.40. The van der Waals surface area contributed by atoms with Crippen molar-refractivity contribution in [3.8, 4) is 0 Å². The molecule has 0 saturated heterocycles. The van der Waals surface area contributed by atoms with E-state index in [1.807, 2.05) is 0 Å². The molecule has 126 valence electrons. The van der Waals surface area contributed by atoms with Crippen LogP contribution >= 0.6 is 11.6 Å². The summed E-state index contributed by atoms with van der Waals surface area (Å²) in [6.45, 7) is -1.23. The molecular formula is C14H17ClN2O6. The quantitative estimate of drug-likeness (QED) is 0.480. The topological polar surface area (TPSA) is 125 Å². The van der Waals surface area contributed by atoms with E-state index >= 15 is 0 Å².